The molecule has 0 bridgehead atoms. The average Bonchev–Trinajstić information content (AvgIpc) is 2.49. The maximum Gasteiger partial charge on any atom is 0.334 e. The van der Waals surface area contributed by atoms with Crippen LogP contribution in [0, 0.1) is 0 Å². The Hall–Kier alpha value is 0.0500. The second kappa shape index (κ2) is 13.3. The van der Waals surface area contributed by atoms with Crippen molar-refractivity contribution >= 4 is 42.9 Å². The molecule has 0 atom stereocenters. The van der Waals surface area contributed by atoms with Gasteiger partial charge in [0.25, 0.3) is 0 Å². The maximum absolute atomic E-state index is 5.55. The predicted octanol–water partition coefficient (Wildman–Crippen LogP) is 4.26. The zero-order chi connectivity index (χ0) is 18.5. The summed E-state index contributed by atoms with van der Waals surface area (Å²) in [5, 5.41) is 0. The van der Waals surface area contributed by atoms with Crippen molar-refractivity contribution in [1.29, 1.82) is 0 Å². The molecule has 0 fully saturated rings. The zero-order valence-electron chi connectivity index (χ0n) is 14.4. The van der Waals surface area contributed by atoms with Crippen molar-refractivity contribution in [3.63, 3.8) is 0 Å². The van der Waals surface area contributed by atoms with Gasteiger partial charge < -0.3 is 23.8 Å². The zero-order valence-corrected chi connectivity index (χ0v) is 17.8. The highest BCUT2D eigenvalue weighted by Crippen LogP contribution is 2.66. The van der Waals surface area contributed by atoms with Crippen molar-refractivity contribution in [1.82, 2.24) is 4.98 Å². The molecule has 1 heterocycles. The molecule has 0 spiro atoms. The fraction of sp³-hybridized carbons (Fsp3) is 0.615. The van der Waals surface area contributed by atoms with E-state index in [0.717, 1.165) is 0 Å². The maximum atomic E-state index is 5.55. The molecular weight excluding hydrogens is 390 g/mol. The van der Waals surface area contributed by atoms with Crippen molar-refractivity contribution in [2.75, 3.05) is 32.2 Å². The molecule has 1 aromatic rings. The van der Waals surface area contributed by atoms with Gasteiger partial charge in [0.15, 0.2) is 0 Å². The Kier molecular flexibility index (Phi) is 13.3. The van der Waals surface area contributed by atoms with Gasteiger partial charge >= 0.3 is 13.4 Å². The smallest absolute Gasteiger partial charge is 0.334 e. The minimum absolute atomic E-state index is 0.394. The molecule has 140 valence electrons. The normalized spacial score (nSPS) is 11.7. The third-order valence-electron chi connectivity index (χ3n) is 2.04. The second-order valence-corrected chi connectivity index (χ2v) is 10.1. The minimum Gasteiger partial charge on any atom is -0.384 e. The molecule has 7 nitrogen and oxygen atoms in total. The van der Waals surface area contributed by atoms with Crippen molar-refractivity contribution < 1.29 is 22.4 Å². The van der Waals surface area contributed by atoms with E-state index in [9.17, 15) is 0 Å². The fourth-order valence-corrected chi connectivity index (χ4v) is 7.67. The van der Waals surface area contributed by atoms with Crippen LogP contribution in [-0.2, 0) is 46.0 Å². The van der Waals surface area contributed by atoms with Gasteiger partial charge in [0.1, 0.15) is 5.82 Å². The summed E-state index contributed by atoms with van der Waals surface area (Å²) in [6.45, 7) is 3.09. The summed E-state index contributed by atoms with van der Waals surface area (Å²) < 4.78 is 26.9. The molecule has 11 heteroatoms. The molecule has 2 N–H and O–H groups in total. The van der Waals surface area contributed by atoms with Crippen LogP contribution in [0.25, 0.3) is 0 Å². The quantitative estimate of drug-likeness (QED) is 0.562. The van der Waals surface area contributed by atoms with Gasteiger partial charge in [-0.3, -0.25) is 0 Å². The van der Waals surface area contributed by atoms with Crippen LogP contribution < -0.4 is 5.73 Å². The first-order chi connectivity index (χ1) is 11.3. The van der Waals surface area contributed by atoms with E-state index in [4.69, 9.17) is 51.8 Å². The van der Waals surface area contributed by atoms with Crippen molar-refractivity contribution in [3.05, 3.63) is 24.4 Å². The highest BCUT2D eigenvalue weighted by molar-refractivity contribution is 8.14. The van der Waals surface area contributed by atoms with E-state index in [1.54, 1.807) is 12.3 Å². The monoisotopic (exact) mass is 416 g/mol. The van der Waals surface area contributed by atoms with Crippen LogP contribution in [0.15, 0.2) is 24.4 Å². The molecule has 0 unspecified atom stereocenters. The number of aromatic nitrogens is 1. The fourth-order valence-electron chi connectivity index (χ4n) is 1.30. The first-order valence-corrected chi connectivity index (χ1v) is 12.6. The van der Waals surface area contributed by atoms with Crippen LogP contribution in [-0.4, -0.2) is 31.4 Å². The molecule has 0 aromatic carbocycles. The largest absolute Gasteiger partial charge is 0.384 e. The summed E-state index contributed by atoms with van der Waals surface area (Å²) in [6.07, 6.45) is 1.66. The van der Waals surface area contributed by atoms with Crippen LogP contribution in [0.3, 0.4) is 0 Å². The van der Waals surface area contributed by atoms with Gasteiger partial charge in [0.2, 0.25) is 0 Å². The minimum atomic E-state index is -2.87. The number of hydrogen-bond donors (Lipinski definition) is 1. The van der Waals surface area contributed by atoms with Crippen LogP contribution in [0.4, 0.5) is 5.82 Å². The molecule has 1 rings (SSSR count). The van der Waals surface area contributed by atoms with Crippen molar-refractivity contribution in [3.8, 4) is 0 Å². The Labute approximate surface area is 154 Å². The van der Waals surface area contributed by atoms with Gasteiger partial charge in [0, 0.05) is 6.20 Å². The number of nitrogen functional groups attached to an aromatic ring is 1. The number of rotatable bonds is 10. The SMILES string of the molecule is CCOP(=S)(OCC)OP(=S)(OCC)OCC.Nc1ccccn1. The summed E-state index contributed by atoms with van der Waals surface area (Å²) in [5.41, 5.74) is 5.25. The number of anilines is 1. The van der Waals surface area contributed by atoms with Gasteiger partial charge in [-0.25, -0.2) is 9.29 Å². The Morgan fingerprint density at radius 2 is 1.29 bits per heavy atom. The third kappa shape index (κ3) is 10.8. The molecule has 0 saturated carbocycles. The van der Waals surface area contributed by atoms with E-state index < -0.39 is 13.4 Å². The molecule has 0 aliphatic carbocycles. The first kappa shape index (κ1) is 24.1. The summed E-state index contributed by atoms with van der Waals surface area (Å²) in [6, 6.07) is 5.43. The van der Waals surface area contributed by atoms with E-state index in [-0.39, 0.29) is 0 Å². The Balaban J connectivity index is 0.000000620. The second-order valence-electron chi connectivity index (χ2n) is 3.90. The van der Waals surface area contributed by atoms with Gasteiger partial charge in [-0.1, -0.05) is 6.07 Å². The van der Waals surface area contributed by atoms with E-state index in [2.05, 4.69) is 4.98 Å². The number of hydrogen-bond acceptors (Lipinski definition) is 9. The van der Waals surface area contributed by atoms with Gasteiger partial charge in [-0.05, 0) is 63.4 Å². The van der Waals surface area contributed by atoms with Crippen LogP contribution >= 0.6 is 13.4 Å². The topological polar surface area (TPSA) is 85.1 Å². The van der Waals surface area contributed by atoms with E-state index in [1.165, 1.54) is 0 Å². The van der Waals surface area contributed by atoms with Crippen LogP contribution in [0.1, 0.15) is 27.7 Å². The highest BCUT2D eigenvalue weighted by Gasteiger charge is 2.31. The Morgan fingerprint density at radius 3 is 1.50 bits per heavy atom. The first-order valence-electron chi connectivity index (χ1n) is 7.50. The molecule has 0 amide bonds. The lowest BCUT2D eigenvalue weighted by Gasteiger charge is -2.27. The number of nitrogens with zero attached hydrogens (tertiary/aromatic N) is 1. The summed E-state index contributed by atoms with van der Waals surface area (Å²) in [7, 11) is 0. The van der Waals surface area contributed by atoms with Crippen molar-refractivity contribution in [2.24, 2.45) is 0 Å². The van der Waals surface area contributed by atoms with Gasteiger partial charge in [0.05, 0.1) is 26.4 Å². The lowest BCUT2D eigenvalue weighted by atomic mass is 10.5. The lowest BCUT2D eigenvalue weighted by Crippen LogP contribution is -2.03. The summed E-state index contributed by atoms with van der Waals surface area (Å²) >= 11 is 10.4. The third-order valence-corrected chi connectivity index (χ3v) is 8.40. The van der Waals surface area contributed by atoms with Crippen LogP contribution in [0.5, 0.6) is 0 Å². The molecule has 0 radical (unpaired) electrons. The van der Waals surface area contributed by atoms with Crippen LogP contribution in [0.2, 0.25) is 0 Å². The van der Waals surface area contributed by atoms with Gasteiger partial charge in [-0.2, -0.15) is 0 Å². The van der Waals surface area contributed by atoms with E-state index in [0.29, 0.717) is 32.2 Å². The molecule has 0 aliphatic heterocycles. The molecule has 24 heavy (non-hydrogen) atoms. The summed E-state index contributed by atoms with van der Waals surface area (Å²) in [4.78, 5) is 3.76. The molecule has 0 saturated heterocycles. The molecular formula is C13H26N2O5P2S2. The predicted molar refractivity (Wildman–Crippen MR) is 105 cm³/mol. The Bertz CT molecular complexity index is 488. The number of nitrogens with two attached hydrogens (primary N) is 1. The standard InChI is InChI=1S/C8H20O5P2S2.C5H6N2/c1-5-9-14(16,10-6-2)13-15(17,11-7-3)12-8-4;6-5-3-1-2-4-7-5/h5-8H2,1-4H3;1-4H,(H2,6,7). The molecule has 0 aliphatic rings. The molecule has 1 aromatic heterocycles. The lowest BCUT2D eigenvalue weighted by molar-refractivity contribution is 0.176. The van der Waals surface area contributed by atoms with Crippen molar-refractivity contribution in [2.45, 2.75) is 27.7 Å². The summed E-state index contributed by atoms with van der Waals surface area (Å²) in [5.74, 6) is 0.572. The van der Waals surface area contributed by atoms with Gasteiger partial charge in [-0.15, -0.1) is 0 Å². The average molecular weight is 416 g/mol. The van der Waals surface area contributed by atoms with E-state index in [1.807, 2.05) is 39.8 Å². The Morgan fingerprint density at radius 1 is 0.875 bits per heavy atom. The number of pyridine rings is 1. The highest BCUT2D eigenvalue weighted by atomic mass is 32.5. The van der Waals surface area contributed by atoms with E-state index >= 15 is 0 Å².